The second-order valence-corrected chi connectivity index (χ2v) is 10.9. The molecule has 2 N–H and O–H groups in total. The maximum absolute atomic E-state index is 13.1. The highest BCUT2D eigenvalue weighted by molar-refractivity contribution is 5.94. The van der Waals surface area contributed by atoms with E-state index in [1.807, 2.05) is 35.4 Å². The number of rotatable bonds is 4. The van der Waals surface area contributed by atoms with Gasteiger partial charge in [0.15, 0.2) is 0 Å². The average molecular weight is 502 g/mol. The first-order valence-electron chi connectivity index (χ1n) is 13.4. The van der Waals surface area contributed by atoms with Gasteiger partial charge in [-0.25, -0.2) is 4.98 Å². The number of fused-ring (bicyclic) bond motifs is 4. The van der Waals surface area contributed by atoms with Crippen LogP contribution in [0.3, 0.4) is 0 Å². The lowest BCUT2D eigenvalue weighted by atomic mass is 9.79. The minimum absolute atomic E-state index is 0.0808. The minimum Gasteiger partial charge on any atom is -0.348 e. The molecular weight excluding hydrogens is 466 g/mol. The Morgan fingerprint density at radius 3 is 2.54 bits per heavy atom. The van der Waals surface area contributed by atoms with Gasteiger partial charge in [-0.3, -0.25) is 9.59 Å². The first-order chi connectivity index (χ1) is 17.9. The Morgan fingerprint density at radius 2 is 1.84 bits per heavy atom. The van der Waals surface area contributed by atoms with Crippen molar-refractivity contribution in [3.8, 4) is 0 Å². The summed E-state index contributed by atoms with van der Waals surface area (Å²) in [6, 6.07) is 10.2. The van der Waals surface area contributed by atoms with E-state index in [0.717, 1.165) is 80.4 Å². The predicted octanol–water partition coefficient (Wildman–Crippen LogP) is 3.63. The molecule has 0 atom stereocenters. The fraction of sp³-hybridized carbons (Fsp3) is 0.500. The van der Waals surface area contributed by atoms with Crippen LogP contribution in [0.4, 0.5) is 11.6 Å². The molecule has 194 valence electrons. The third-order valence-corrected chi connectivity index (χ3v) is 8.45. The van der Waals surface area contributed by atoms with Gasteiger partial charge in [-0.15, -0.1) is 0 Å². The second-order valence-electron chi connectivity index (χ2n) is 10.9. The van der Waals surface area contributed by atoms with E-state index >= 15 is 0 Å². The maximum Gasteiger partial charge on any atom is 0.253 e. The lowest BCUT2D eigenvalue weighted by Gasteiger charge is -2.41. The van der Waals surface area contributed by atoms with Crippen LogP contribution in [0.5, 0.6) is 0 Å². The number of likely N-dealkylation sites (tertiary alicyclic amines) is 1. The van der Waals surface area contributed by atoms with E-state index < -0.39 is 5.54 Å². The van der Waals surface area contributed by atoms with Crippen LogP contribution in [0, 0.1) is 0 Å². The molecule has 1 saturated carbocycles. The fourth-order valence-electron chi connectivity index (χ4n) is 6.33. The Hall–Kier alpha value is -3.46. The maximum atomic E-state index is 13.1. The van der Waals surface area contributed by atoms with Gasteiger partial charge in [0.05, 0.1) is 6.54 Å². The van der Waals surface area contributed by atoms with Crippen molar-refractivity contribution in [2.45, 2.75) is 63.1 Å². The summed E-state index contributed by atoms with van der Waals surface area (Å²) in [6.45, 7) is 2.09. The van der Waals surface area contributed by atoms with Crippen molar-refractivity contribution >= 4 is 34.5 Å². The van der Waals surface area contributed by atoms with Gasteiger partial charge in [0.1, 0.15) is 11.2 Å². The molecule has 6 rings (SSSR count). The van der Waals surface area contributed by atoms with Gasteiger partial charge in [-0.05, 0) is 70.1 Å². The topological polar surface area (TPSA) is 95.4 Å². The van der Waals surface area contributed by atoms with Crippen LogP contribution < -0.4 is 10.6 Å². The Labute approximate surface area is 217 Å². The number of piperidine rings is 1. The third-order valence-electron chi connectivity index (χ3n) is 8.45. The van der Waals surface area contributed by atoms with Gasteiger partial charge in [0.2, 0.25) is 11.9 Å². The monoisotopic (exact) mass is 501 g/mol. The third kappa shape index (κ3) is 4.25. The van der Waals surface area contributed by atoms with Gasteiger partial charge in [-0.1, -0.05) is 19.3 Å². The number of nitrogens with zero attached hydrogens (tertiary/aromatic N) is 5. The summed E-state index contributed by atoms with van der Waals surface area (Å²) in [5.41, 5.74) is 2.84. The molecule has 2 aromatic heterocycles. The first-order valence-corrected chi connectivity index (χ1v) is 13.4. The van der Waals surface area contributed by atoms with Crippen LogP contribution in [-0.2, 0) is 16.9 Å². The number of hydrogen-bond acceptors (Lipinski definition) is 6. The van der Waals surface area contributed by atoms with Gasteiger partial charge >= 0.3 is 0 Å². The zero-order valence-electron chi connectivity index (χ0n) is 21.7. The van der Waals surface area contributed by atoms with Crippen molar-refractivity contribution in [1.82, 2.24) is 29.7 Å². The van der Waals surface area contributed by atoms with Gasteiger partial charge in [0, 0.05) is 47.7 Å². The largest absolute Gasteiger partial charge is 0.348 e. The molecule has 3 aliphatic rings. The SMILES string of the molecule is CN(C)C1CCN(C(=O)c2ccc(Nc3ncc4cc5n(c4n3)C3(CCCCC3)C(=O)NC5)cc2)CC1. The van der Waals surface area contributed by atoms with E-state index in [0.29, 0.717) is 24.1 Å². The summed E-state index contributed by atoms with van der Waals surface area (Å²) in [6.07, 6.45) is 8.76. The molecule has 2 aliphatic heterocycles. The zero-order chi connectivity index (χ0) is 25.6. The van der Waals surface area contributed by atoms with E-state index in [-0.39, 0.29) is 11.8 Å². The second kappa shape index (κ2) is 9.45. The van der Waals surface area contributed by atoms with Crippen molar-refractivity contribution in [3.63, 3.8) is 0 Å². The summed E-state index contributed by atoms with van der Waals surface area (Å²) >= 11 is 0. The number of nitrogens with one attached hydrogen (secondary N) is 2. The van der Waals surface area contributed by atoms with Crippen molar-refractivity contribution in [3.05, 3.63) is 47.8 Å². The minimum atomic E-state index is -0.553. The smallest absolute Gasteiger partial charge is 0.253 e. The summed E-state index contributed by atoms with van der Waals surface area (Å²) in [7, 11) is 4.20. The Morgan fingerprint density at radius 1 is 1.11 bits per heavy atom. The molecule has 3 aromatic rings. The lowest BCUT2D eigenvalue weighted by molar-refractivity contribution is -0.133. The predicted molar refractivity (Wildman–Crippen MR) is 143 cm³/mol. The summed E-state index contributed by atoms with van der Waals surface area (Å²) < 4.78 is 2.18. The summed E-state index contributed by atoms with van der Waals surface area (Å²) in [5.74, 6) is 0.670. The van der Waals surface area contributed by atoms with E-state index in [9.17, 15) is 9.59 Å². The zero-order valence-corrected chi connectivity index (χ0v) is 21.7. The molecule has 0 bridgehead atoms. The number of benzene rings is 1. The number of carbonyl (C=O) groups excluding carboxylic acids is 2. The number of amides is 2. The molecule has 4 heterocycles. The number of aromatic nitrogens is 3. The van der Waals surface area contributed by atoms with Crippen LogP contribution in [0.2, 0.25) is 0 Å². The lowest BCUT2D eigenvalue weighted by Crippen LogP contribution is -2.54. The van der Waals surface area contributed by atoms with Crippen molar-refractivity contribution < 1.29 is 9.59 Å². The molecule has 2 amide bonds. The fourth-order valence-corrected chi connectivity index (χ4v) is 6.33. The van der Waals surface area contributed by atoms with Crippen LogP contribution in [0.1, 0.15) is 61.0 Å². The van der Waals surface area contributed by atoms with Crippen molar-refractivity contribution in [2.75, 3.05) is 32.5 Å². The van der Waals surface area contributed by atoms with Crippen LogP contribution >= 0.6 is 0 Å². The standard InChI is InChI=1S/C28H35N7O2/c1-33(2)22-10-14-34(15-11-22)25(36)19-6-8-21(9-7-19)31-27-30-17-20-16-23-18-29-26(37)28(12-4-3-5-13-28)35(23)24(20)32-27/h6-9,16-17,22H,3-5,10-15,18H2,1-2H3,(H,29,37)(H,30,31,32). The molecule has 0 unspecified atom stereocenters. The van der Waals surface area contributed by atoms with E-state index in [2.05, 4.69) is 45.2 Å². The Balaban J connectivity index is 1.21. The van der Waals surface area contributed by atoms with E-state index in [1.165, 1.54) is 0 Å². The average Bonchev–Trinajstić information content (AvgIpc) is 3.30. The van der Waals surface area contributed by atoms with Crippen LogP contribution in [0.25, 0.3) is 11.0 Å². The molecule has 1 aromatic carbocycles. The van der Waals surface area contributed by atoms with Gasteiger partial charge in [-0.2, -0.15) is 4.98 Å². The van der Waals surface area contributed by atoms with Crippen molar-refractivity contribution in [2.24, 2.45) is 0 Å². The number of anilines is 2. The molecule has 1 spiro atoms. The van der Waals surface area contributed by atoms with Crippen LogP contribution in [0.15, 0.2) is 36.5 Å². The molecule has 1 aliphatic carbocycles. The van der Waals surface area contributed by atoms with E-state index in [1.54, 1.807) is 0 Å². The van der Waals surface area contributed by atoms with Crippen LogP contribution in [-0.4, -0.2) is 69.4 Å². The number of hydrogen-bond donors (Lipinski definition) is 2. The highest BCUT2D eigenvalue weighted by atomic mass is 16.2. The molecular formula is C28H35N7O2. The molecule has 1 saturated heterocycles. The molecule has 0 radical (unpaired) electrons. The van der Waals surface area contributed by atoms with Gasteiger partial charge in [0.25, 0.3) is 5.91 Å². The normalized spacial score (nSPS) is 19.8. The molecule has 9 heteroatoms. The molecule has 37 heavy (non-hydrogen) atoms. The summed E-state index contributed by atoms with van der Waals surface area (Å²) in [4.78, 5) is 39.7. The first kappa shape index (κ1) is 23.9. The quantitative estimate of drug-likeness (QED) is 0.567. The summed E-state index contributed by atoms with van der Waals surface area (Å²) in [5, 5.41) is 7.34. The Bertz CT molecular complexity index is 1320. The van der Waals surface area contributed by atoms with Gasteiger partial charge < -0.3 is 25.0 Å². The van der Waals surface area contributed by atoms with E-state index in [4.69, 9.17) is 4.98 Å². The highest BCUT2D eigenvalue weighted by Gasteiger charge is 2.45. The Kier molecular flexibility index (Phi) is 6.10. The number of carbonyl (C=O) groups is 2. The highest BCUT2D eigenvalue weighted by Crippen LogP contribution is 2.41. The van der Waals surface area contributed by atoms with Crippen molar-refractivity contribution in [1.29, 1.82) is 0 Å². The molecule has 9 nitrogen and oxygen atoms in total. The molecule has 2 fully saturated rings.